The number of ether oxygens (including phenoxy) is 11. The fraction of sp³-hybridized carbons (Fsp3) is 1.00. The second kappa shape index (κ2) is 29.0. The Balaban J connectivity index is 2.35. The molecule has 11 heteroatoms. The van der Waals surface area contributed by atoms with Gasteiger partial charge in [0.15, 0.2) is 0 Å². The summed E-state index contributed by atoms with van der Waals surface area (Å²) in [7, 11) is 5.11. The average Bonchev–Trinajstić information content (AvgIpc) is 3.11. The SMILES string of the molecule is CCCCCCOC1C(COC)OC(COCCCC)C(COCC2OC(COC)C(COC)C(OCC)C2OCCC)C1OCCCCC. The molecule has 0 amide bonds. The van der Waals surface area contributed by atoms with Crippen molar-refractivity contribution < 1.29 is 52.1 Å². The molecule has 0 spiro atoms. The molecular weight excluding hydrogens is 644 g/mol. The molecule has 10 atom stereocenters. The van der Waals surface area contributed by atoms with Crippen molar-refractivity contribution >= 4 is 0 Å². The van der Waals surface area contributed by atoms with Gasteiger partial charge in [-0.05, 0) is 32.6 Å². The predicted octanol–water partition coefficient (Wildman–Crippen LogP) is 6.27. The van der Waals surface area contributed by atoms with Gasteiger partial charge in [-0.25, -0.2) is 0 Å². The largest absolute Gasteiger partial charge is 0.384 e. The first-order chi connectivity index (χ1) is 24.5. The van der Waals surface area contributed by atoms with Gasteiger partial charge >= 0.3 is 0 Å². The summed E-state index contributed by atoms with van der Waals surface area (Å²) < 4.78 is 69.4. The maximum absolute atomic E-state index is 6.78. The Bertz CT molecular complexity index is 776. The lowest BCUT2D eigenvalue weighted by Crippen LogP contribution is -2.61. The van der Waals surface area contributed by atoms with Crippen LogP contribution in [0.5, 0.6) is 0 Å². The number of rotatable bonds is 31. The van der Waals surface area contributed by atoms with Crippen molar-refractivity contribution in [3.05, 3.63) is 0 Å². The van der Waals surface area contributed by atoms with Gasteiger partial charge in [0, 0.05) is 66.2 Å². The number of unbranched alkanes of at least 4 members (excludes halogenated alkanes) is 6. The first kappa shape index (κ1) is 45.7. The van der Waals surface area contributed by atoms with Gasteiger partial charge in [-0.15, -0.1) is 0 Å². The highest BCUT2D eigenvalue weighted by Crippen LogP contribution is 2.34. The molecule has 2 aliphatic heterocycles. The van der Waals surface area contributed by atoms with Gasteiger partial charge < -0.3 is 52.1 Å². The predicted molar refractivity (Wildman–Crippen MR) is 195 cm³/mol. The van der Waals surface area contributed by atoms with Crippen LogP contribution in [0.1, 0.15) is 98.8 Å². The molecule has 0 aromatic carbocycles. The molecule has 298 valence electrons. The minimum absolute atomic E-state index is 0.0387. The topological polar surface area (TPSA) is 102 Å². The number of hydrogen-bond acceptors (Lipinski definition) is 11. The summed E-state index contributed by atoms with van der Waals surface area (Å²) in [6, 6.07) is 0. The van der Waals surface area contributed by atoms with E-state index in [-0.39, 0.29) is 60.7 Å². The number of methoxy groups -OCH3 is 3. The molecule has 2 rings (SSSR count). The molecule has 10 unspecified atom stereocenters. The van der Waals surface area contributed by atoms with Crippen molar-refractivity contribution in [2.75, 3.05) is 94.0 Å². The van der Waals surface area contributed by atoms with Crippen LogP contribution in [0.15, 0.2) is 0 Å². The van der Waals surface area contributed by atoms with Gasteiger partial charge in [-0.2, -0.15) is 0 Å². The van der Waals surface area contributed by atoms with Gasteiger partial charge in [0.2, 0.25) is 0 Å². The van der Waals surface area contributed by atoms with Crippen LogP contribution in [0, 0.1) is 11.8 Å². The summed E-state index contributed by atoms with van der Waals surface area (Å²) in [5.74, 6) is -0.160. The summed E-state index contributed by atoms with van der Waals surface area (Å²) in [6.07, 6.45) is 8.56. The Labute approximate surface area is 305 Å². The van der Waals surface area contributed by atoms with Crippen molar-refractivity contribution in [2.24, 2.45) is 11.8 Å². The Kier molecular flexibility index (Phi) is 26.5. The highest BCUT2D eigenvalue weighted by Gasteiger charge is 2.49. The first-order valence-electron chi connectivity index (χ1n) is 19.9. The zero-order valence-electron chi connectivity index (χ0n) is 33.1. The minimum Gasteiger partial charge on any atom is -0.384 e. The number of hydrogen-bond donors (Lipinski definition) is 0. The van der Waals surface area contributed by atoms with E-state index in [0.717, 1.165) is 51.4 Å². The molecule has 0 bridgehead atoms. The Morgan fingerprint density at radius 2 is 0.880 bits per heavy atom. The molecule has 0 N–H and O–H groups in total. The molecule has 0 radical (unpaired) electrons. The molecule has 2 heterocycles. The van der Waals surface area contributed by atoms with E-state index in [1.54, 1.807) is 21.3 Å². The van der Waals surface area contributed by atoms with E-state index in [9.17, 15) is 0 Å². The lowest BCUT2D eigenvalue weighted by Gasteiger charge is -2.47. The van der Waals surface area contributed by atoms with Gasteiger partial charge in [-0.3, -0.25) is 0 Å². The molecule has 2 fully saturated rings. The van der Waals surface area contributed by atoms with E-state index in [1.165, 1.54) is 12.8 Å². The van der Waals surface area contributed by atoms with E-state index >= 15 is 0 Å². The van der Waals surface area contributed by atoms with E-state index in [2.05, 4.69) is 27.7 Å². The third kappa shape index (κ3) is 15.9. The van der Waals surface area contributed by atoms with Crippen LogP contribution in [0.2, 0.25) is 0 Å². The minimum atomic E-state index is -0.356. The van der Waals surface area contributed by atoms with E-state index < -0.39 is 0 Å². The summed E-state index contributed by atoms with van der Waals surface area (Å²) in [6.45, 7) is 16.4. The maximum atomic E-state index is 6.78. The highest BCUT2D eigenvalue weighted by molar-refractivity contribution is 4.96. The molecule has 50 heavy (non-hydrogen) atoms. The van der Waals surface area contributed by atoms with Gasteiger partial charge in [0.25, 0.3) is 0 Å². The smallest absolute Gasteiger partial charge is 0.112 e. The fourth-order valence-corrected chi connectivity index (χ4v) is 7.03. The van der Waals surface area contributed by atoms with Crippen molar-refractivity contribution in [3.63, 3.8) is 0 Å². The van der Waals surface area contributed by atoms with Crippen LogP contribution < -0.4 is 0 Å². The Morgan fingerprint density at radius 3 is 1.50 bits per heavy atom. The summed E-state index contributed by atoms with van der Waals surface area (Å²) in [5.41, 5.74) is 0. The van der Waals surface area contributed by atoms with Crippen LogP contribution >= 0.6 is 0 Å². The Hall–Kier alpha value is -0.440. The third-order valence-electron chi connectivity index (χ3n) is 9.66. The van der Waals surface area contributed by atoms with Crippen molar-refractivity contribution in [1.82, 2.24) is 0 Å². The zero-order valence-corrected chi connectivity index (χ0v) is 33.1. The zero-order chi connectivity index (χ0) is 36.4. The normalized spacial score (nSPS) is 30.2. The summed E-state index contributed by atoms with van der Waals surface area (Å²) in [4.78, 5) is 0. The quantitative estimate of drug-likeness (QED) is 0.0758. The molecule has 0 saturated carbocycles. The van der Waals surface area contributed by atoms with Crippen LogP contribution in [0.4, 0.5) is 0 Å². The van der Waals surface area contributed by atoms with Crippen molar-refractivity contribution in [2.45, 2.75) is 148 Å². The fourth-order valence-electron chi connectivity index (χ4n) is 7.03. The van der Waals surface area contributed by atoms with E-state index in [4.69, 9.17) is 52.1 Å². The molecule has 11 nitrogen and oxygen atoms in total. The van der Waals surface area contributed by atoms with Crippen LogP contribution in [-0.4, -0.2) is 143 Å². The van der Waals surface area contributed by atoms with Gasteiger partial charge in [0.05, 0.1) is 64.1 Å². The summed E-state index contributed by atoms with van der Waals surface area (Å²) >= 11 is 0. The molecule has 0 aliphatic carbocycles. The van der Waals surface area contributed by atoms with E-state index in [0.29, 0.717) is 72.7 Å². The second-order valence-corrected chi connectivity index (χ2v) is 13.8. The van der Waals surface area contributed by atoms with Crippen LogP contribution in [0.3, 0.4) is 0 Å². The molecule has 0 aromatic rings. The standard InChI is InChI=1S/C39H76O11/c1-9-14-17-19-23-48-38-34(27-42-8)50-33(28-43-21-16-11-3)31(37(38)47-22-18-15-10-2)25-44-29-35-39(46-20-12-4)36(45-13-5)30(24-40-6)32(49-35)26-41-7/h30-39H,9-29H2,1-8H3. The third-order valence-corrected chi connectivity index (χ3v) is 9.66. The summed E-state index contributed by atoms with van der Waals surface area (Å²) in [5, 5.41) is 0. The molecule has 2 saturated heterocycles. The average molecular weight is 721 g/mol. The van der Waals surface area contributed by atoms with Crippen molar-refractivity contribution in [1.29, 1.82) is 0 Å². The maximum Gasteiger partial charge on any atom is 0.112 e. The van der Waals surface area contributed by atoms with Gasteiger partial charge in [0.1, 0.15) is 24.4 Å². The lowest BCUT2D eigenvalue weighted by atomic mass is 9.86. The molecule has 2 aliphatic rings. The lowest BCUT2D eigenvalue weighted by molar-refractivity contribution is -0.265. The van der Waals surface area contributed by atoms with Gasteiger partial charge in [-0.1, -0.05) is 66.2 Å². The second-order valence-electron chi connectivity index (χ2n) is 13.8. The Morgan fingerprint density at radius 1 is 0.380 bits per heavy atom. The van der Waals surface area contributed by atoms with E-state index in [1.807, 2.05) is 6.92 Å². The van der Waals surface area contributed by atoms with Crippen LogP contribution in [-0.2, 0) is 52.1 Å². The van der Waals surface area contributed by atoms with Crippen molar-refractivity contribution in [3.8, 4) is 0 Å². The first-order valence-corrected chi connectivity index (χ1v) is 19.9. The molecular formula is C39H76O11. The van der Waals surface area contributed by atoms with Crippen LogP contribution in [0.25, 0.3) is 0 Å². The highest BCUT2D eigenvalue weighted by atomic mass is 16.6. The monoisotopic (exact) mass is 721 g/mol. The molecule has 0 aromatic heterocycles.